The topological polar surface area (TPSA) is 55.7 Å². The zero-order valence-electron chi connectivity index (χ0n) is 17.4. The Kier molecular flexibility index (Phi) is 5.93. The Morgan fingerprint density at radius 3 is 2.20 bits per heavy atom. The zero-order chi connectivity index (χ0) is 20.9. The number of fused-ring (bicyclic) bond motifs is 1. The van der Waals surface area contributed by atoms with Gasteiger partial charge in [-0.05, 0) is 67.9 Å². The van der Waals surface area contributed by atoms with Crippen molar-refractivity contribution in [2.45, 2.75) is 26.4 Å². The fourth-order valence-electron chi connectivity index (χ4n) is 3.86. The van der Waals surface area contributed by atoms with Gasteiger partial charge in [0.25, 0.3) is 0 Å². The molecule has 2 heterocycles. The van der Waals surface area contributed by atoms with Gasteiger partial charge in [-0.3, -0.25) is 0 Å². The third-order valence-electron chi connectivity index (χ3n) is 5.22. The van der Waals surface area contributed by atoms with Crippen LogP contribution in [0.1, 0.15) is 31.1 Å². The number of carbonyl (C=O) groups is 1. The third kappa shape index (κ3) is 4.13. The van der Waals surface area contributed by atoms with Crippen molar-refractivity contribution in [2.75, 3.05) is 25.1 Å². The second-order valence-corrected chi connectivity index (χ2v) is 7.11. The first-order chi connectivity index (χ1) is 14.7. The molecule has 1 atom stereocenters. The van der Waals surface area contributed by atoms with Gasteiger partial charge in [0.15, 0.2) is 0 Å². The second-order valence-electron chi connectivity index (χ2n) is 7.11. The molecule has 2 amide bonds. The largest absolute Gasteiger partial charge is 0.494 e. The standard InChI is InChI=1S/C24H27N3O3/c1-3-29-20-11-7-18(8-12-20)23-22-6-5-15-26(22)16-17-27(23)24(28)25-19-9-13-21(14-10-19)30-4-2/h5-15,23H,3-4,16-17H2,1-2H3,(H,25,28). The maximum atomic E-state index is 13.2. The number of urea groups is 1. The summed E-state index contributed by atoms with van der Waals surface area (Å²) < 4.78 is 13.3. The van der Waals surface area contributed by atoms with Gasteiger partial charge in [-0.1, -0.05) is 12.1 Å². The molecule has 1 aromatic heterocycles. The van der Waals surface area contributed by atoms with Crippen molar-refractivity contribution in [3.05, 3.63) is 78.1 Å². The van der Waals surface area contributed by atoms with Crippen molar-refractivity contribution < 1.29 is 14.3 Å². The van der Waals surface area contributed by atoms with E-state index in [2.05, 4.69) is 22.1 Å². The Bertz CT molecular complexity index is 980. The minimum absolute atomic E-state index is 0.120. The number of hydrogen-bond acceptors (Lipinski definition) is 3. The van der Waals surface area contributed by atoms with Crippen LogP contribution in [0.25, 0.3) is 0 Å². The number of hydrogen-bond donors (Lipinski definition) is 1. The van der Waals surface area contributed by atoms with Gasteiger partial charge >= 0.3 is 6.03 Å². The van der Waals surface area contributed by atoms with Gasteiger partial charge in [-0.15, -0.1) is 0 Å². The molecular weight excluding hydrogens is 378 g/mol. The molecule has 1 unspecified atom stereocenters. The van der Waals surface area contributed by atoms with Gasteiger partial charge in [0, 0.05) is 30.7 Å². The van der Waals surface area contributed by atoms with Gasteiger partial charge in [0.05, 0.1) is 19.3 Å². The average molecular weight is 405 g/mol. The number of carbonyl (C=O) groups excluding carboxylic acids is 1. The number of anilines is 1. The highest BCUT2D eigenvalue weighted by Gasteiger charge is 2.32. The number of aromatic nitrogens is 1. The van der Waals surface area contributed by atoms with Crippen LogP contribution >= 0.6 is 0 Å². The Balaban J connectivity index is 1.58. The first kappa shape index (κ1) is 19.9. The van der Waals surface area contributed by atoms with Crippen molar-refractivity contribution in [3.63, 3.8) is 0 Å². The quantitative estimate of drug-likeness (QED) is 0.633. The van der Waals surface area contributed by atoms with Crippen LogP contribution in [0.2, 0.25) is 0 Å². The maximum absolute atomic E-state index is 13.2. The number of ether oxygens (including phenoxy) is 2. The van der Waals surface area contributed by atoms with Gasteiger partial charge in [-0.2, -0.15) is 0 Å². The summed E-state index contributed by atoms with van der Waals surface area (Å²) in [6.45, 7) is 6.55. The Morgan fingerprint density at radius 2 is 1.57 bits per heavy atom. The Morgan fingerprint density at radius 1 is 0.933 bits per heavy atom. The van der Waals surface area contributed by atoms with Crippen LogP contribution in [0, 0.1) is 0 Å². The van der Waals surface area contributed by atoms with E-state index in [0.29, 0.717) is 19.8 Å². The molecule has 1 aliphatic heterocycles. The average Bonchev–Trinajstić information content (AvgIpc) is 3.24. The zero-order valence-corrected chi connectivity index (χ0v) is 17.4. The number of nitrogens with zero attached hydrogens (tertiary/aromatic N) is 2. The number of amides is 2. The lowest BCUT2D eigenvalue weighted by atomic mass is 10.00. The molecular formula is C24H27N3O3. The molecule has 6 nitrogen and oxygen atoms in total. The summed E-state index contributed by atoms with van der Waals surface area (Å²) in [5, 5.41) is 3.03. The van der Waals surface area contributed by atoms with E-state index in [1.807, 2.05) is 73.3 Å². The van der Waals surface area contributed by atoms with Crippen LogP contribution in [-0.2, 0) is 6.54 Å². The van der Waals surface area contributed by atoms with Crippen LogP contribution in [-0.4, -0.2) is 35.3 Å². The Labute approximate surface area is 177 Å². The normalized spacial score (nSPS) is 15.4. The van der Waals surface area contributed by atoms with Gasteiger partial charge in [0.2, 0.25) is 0 Å². The van der Waals surface area contributed by atoms with E-state index in [4.69, 9.17) is 9.47 Å². The van der Waals surface area contributed by atoms with Crippen LogP contribution in [0.15, 0.2) is 66.9 Å². The predicted octanol–water partition coefficient (Wildman–Crippen LogP) is 4.92. The summed E-state index contributed by atoms with van der Waals surface area (Å²) in [4.78, 5) is 15.1. The Hall–Kier alpha value is -3.41. The summed E-state index contributed by atoms with van der Waals surface area (Å²) in [5.41, 5.74) is 2.90. The number of benzene rings is 2. The van der Waals surface area contributed by atoms with Crippen LogP contribution < -0.4 is 14.8 Å². The van der Waals surface area contributed by atoms with Crippen molar-refractivity contribution in [1.82, 2.24) is 9.47 Å². The summed E-state index contributed by atoms with van der Waals surface area (Å²) in [6.07, 6.45) is 2.07. The molecule has 1 N–H and O–H groups in total. The molecule has 0 saturated carbocycles. The summed E-state index contributed by atoms with van der Waals surface area (Å²) in [5.74, 6) is 1.62. The lowest BCUT2D eigenvalue weighted by molar-refractivity contribution is 0.182. The highest BCUT2D eigenvalue weighted by Crippen LogP contribution is 2.33. The molecule has 0 aliphatic carbocycles. The SMILES string of the molecule is CCOc1ccc(NC(=O)N2CCn3cccc3C2c2ccc(OCC)cc2)cc1. The molecule has 6 heteroatoms. The third-order valence-corrected chi connectivity index (χ3v) is 5.22. The molecule has 0 spiro atoms. The van der Waals surface area contributed by atoms with Crippen LogP contribution in [0.5, 0.6) is 11.5 Å². The monoisotopic (exact) mass is 405 g/mol. The van der Waals surface area contributed by atoms with Crippen LogP contribution in [0.4, 0.5) is 10.5 Å². The first-order valence-corrected chi connectivity index (χ1v) is 10.4. The minimum Gasteiger partial charge on any atom is -0.494 e. The number of rotatable bonds is 6. The van der Waals surface area contributed by atoms with Gasteiger partial charge in [0.1, 0.15) is 11.5 Å². The highest BCUT2D eigenvalue weighted by atomic mass is 16.5. The first-order valence-electron chi connectivity index (χ1n) is 10.4. The summed E-state index contributed by atoms with van der Waals surface area (Å²) in [7, 11) is 0. The van der Waals surface area contributed by atoms with Gasteiger partial charge in [-0.25, -0.2) is 4.79 Å². The number of nitrogens with one attached hydrogen (secondary N) is 1. The molecule has 156 valence electrons. The van der Waals surface area contributed by atoms with Gasteiger partial charge < -0.3 is 24.3 Å². The molecule has 2 aromatic carbocycles. The molecule has 4 rings (SSSR count). The fraction of sp³-hybridized carbons (Fsp3) is 0.292. The summed E-state index contributed by atoms with van der Waals surface area (Å²) in [6, 6.07) is 19.3. The minimum atomic E-state index is -0.160. The van der Waals surface area contributed by atoms with Crippen LogP contribution in [0.3, 0.4) is 0 Å². The van der Waals surface area contributed by atoms with E-state index in [0.717, 1.165) is 35.0 Å². The molecule has 0 saturated heterocycles. The molecule has 0 fully saturated rings. The van der Waals surface area contributed by atoms with E-state index in [9.17, 15) is 4.79 Å². The van der Waals surface area contributed by atoms with Crippen molar-refractivity contribution in [3.8, 4) is 11.5 Å². The molecule has 0 bridgehead atoms. The van der Waals surface area contributed by atoms with E-state index in [1.165, 1.54) is 0 Å². The fourth-order valence-corrected chi connectivity index (χ4v) is 3.86. The highest BCUT2D eigenvalue weighted by molar-refractivity contribution is 5.90. The lowest BCUT2D eigenvalue weighted by Gasteiger charge is -2.37. The molecule has 3 aromatic rings. The summed E-state index contributed by atoms with van der Waals surface area (Å²) >= 11 is 0. The molecule has 0 radical (unpaired) electrons. The van der Waals surface area contributed by atoms with E-state index in [1.54, 1.807) is 0 Å². The lowest BCUT2D eigenvalue weighted by Crippen LogP contribution is -2.44. The van der Waals surface area contributed by atoms with Crippen molar-refractivity contribution in [2.24, 2.45) is 0 Å². The maximum Gasteiger partial charge on any atom is 0.322 e. The van der Waals surface area contributed by atoms with E-state index >= 15 is 0 Å². The smallest absolute Gasteiger partial charge is 0.322 e. The van der Waals surface area contributed by atoms with Crippen molar-refractivity contribution in [1.29, 1.82) is 0 Å². The second kappa shape index (κ2) is 8.95. The van der Waals surface area contributed by atoms with E-state index < -0.39 is 0 Å². The molecule has 1 aliphatic rings. The van der Waals surface area contributed by atoms with E-state index in [-0.39, 0.29) is 12.1 Å². The predicted molar refractivity (Wildman–Crippen MR) is 117 cm³/mol. The molecule has 30 heavy (non-hydrogen) atoms. The van der Waals surface area contributed by atoms with Crippen molar-refractivity contribution >= 4 is 11.7 Å².